The summed E-state index contributed by atoms with van der Waals surface area (Å²) in [4.78, 5) is 0. The molecule has 0 spiro atoms. The van der Waals surface area contributed by atoms with E-state index in [1.165, 1.54) is 0 Å². The van der Waals surface area contributed by atoms with Gasteiger partial charge in [0.25, 0.3) is 0 Å². The van der Waals surface area contributed by atoms with Crippen molar-refractivity contribution in [2.75, 3.05) is 0 Å². The lowest BCUT2D eigenvalue weighted by Crippen LogP contribution is -1.80. The molecule has 0 aliphatic carbocycles. The predicted molar refractivity (Wildman–Crippen MR) is 64.1 cm³/mol. The van der Waals surface area contributed by atoms with Crippen LogP contribution in [-0.4, -0.2) is 0 Å². The number of nitriles is 1. The van der Waals surface area contributed by atoms with Crippen molar-refractivity contribution in [2.24, 2.45) is 0 Å². The summed E-state index contributed by atoms with van der Waals surface area (Å²) in [6.07, 6.45) is 0. The second kappa shape index (κ2) is 3.72. The minimum Gasteiger partial charge on any atom is -0.192 e. The molecule has 0 saturated carbocycles. The summed E-state index contributed by atoms with van der Waals surface area (Å²) in [7, 11) is 0. The van der Waals surface area contributed by atoms with Crippen LogP contribution in [0.3, 0.4) is 0 Å². The maximum Gasteiger partial charge on any atom is 0.0998 e. The number of benzene rings is 2. The van der Waals surface area contributed by atoms with Crippen molar-refractivity contribution in [1.82, 2.24) is 0 Å². The summed E-state index contributed by atoms with van der Waals surface area (Å²) in [6, 6.07) is 11.8. The van der Waals surface area contributed by atoms with Gasteiger partial charge < -0.3 is 0 Å². The average Bonchev–Trinajstić information content (AvgIpc) is 2.19. The molecule has 2 rings (SSSR count). The Labute approximate surface area is 98.6 Å². The van der Waals surface area contributed by atoms with Crippen LogP contribution >= 0.6 is 31.9 Å². The molecule has 0 amide bonds. The number of rotatable bonds is 0. The van der Waals surface area contributed by atoms with Crippen LogP contribution in [0.25, 0.3) is 10.8 Å². The number of nitrogens with zero attached hydrogens (tertiary/aromatic N) is 1. The number of halogens is 2. The molecule has 2 aromatic rings. The molecule has 0 aromatic heterocycles. The Morgan fingerprint density at radius 2 is 1.79 bits per heavy atom. The molecule has 0 aliphatic rings. The predicted octanol–water partition coefficient (Wildman–Crippen LogP) is 4.24. The van der Waals surface area contributed by atoms with Gasteiger partial charge in [-0.1, -0.05) is 12.1 Å². The SMILES string of the molecule is N#Cc1cccc2cc(Br)c(Br)cc12. The van der Waals surface area contributed by atoms with Crippen molar-refractivity contribution in [3.63, 3.8) is 0 Å². The number of fused-ring (bicyclic) bond motifs is 1. The van der Waals surface area contributed by atoms with Gasteiger partial charge >= 0.3 is 0 Å². The van der Waals surface area contributed by atoms with Crippen molar-refractivity contribution in [3.8, 4) is 6.07 Å². The first-order valence-corrected chi connectivity index (χ1v) is 5.59. The molecule has 68 valence electrons. The summed E-state index contributed by atoms with van der Waals surface area (Å²) in [5.41, 5.74) is 0.704. The molecular weight excluding hydrogens is 306 g/mol. The fraction of sp³-hybridized carbons (Fsp3) is 0. The topological polar surface area (TPSA) is 23.8 Å². The first-order chi connectivity index (χ1) is 6.72. The van der Waals surface area contributed by atoms with Gasteiger partial charge in [0.2, 0.25) is 0 Å². The van der Waals surface area contributed by atoms with E-state index < -0.39 is 0 Å². The maximum atomic E-state index is 8.92. The standard InChI is InChI=1S/C11H5Br2N/c12-10-4-7-2-1-3-8(6-14)9(7)5-11(10)13/h1-5H. The second-order valence-electron chi connectivity index (χ2n) is 2.90. The first-order valence-electron chi connectivity index (χ1n) is 4.00. The third-order valence-electron chi connectivity index (χ3n) is 2.04. The van der Waals surface area contributed by atoms with Gasteiger partial charge in [-0.25, -0.2) is 0 Å². The molecule has 0 aliphatic heterocycles. The van der Waals surface area contributed by atoms with Gasteiger partial charge in [-0.15, -0.1) is 0 Å². The quantitative estimate of drug-likeness (QED) is 0.714. The molecule has 14 heavy (non-hydrogen) atoms. The zero-order valence-electron chi connectivity index (χ0n) is 7.09. The molecule has 0 unspecified atom stereocenters. The van der Waals surface area contributed by atoms with Crippen molar-refractivity contribution in [1.29, 1.82) is 5.26 Å². The largest absolute Gasteiger partial charge is 0.192 e. The van der Waals surface area contributed by atoms with Crippen LogP contribution in [-0.2, 0) is 0 Å². The highest BCUT2D eigenvalue weighted by molar-refractivity contribution is 9.13. The van der Waals surface area contributed by atoms with E-state index in [0.29, 0.717) is 5.56 Å². The van der Waals surface area contributed by atoms with Gasteiger partial charge in [-0.05, 0) is 55.4 Å². The summed E-state index contributed by atoms with van der Waals surface area (Å²) < 4.78 is 1.97. The fourth-order valence-corrected chi connectivity index (χ4v) is 2.07. The number of hydrogen-bond donors (Lipinski definition) is 0. The van der Waals surface area contributed by atoms with Crippen molar-refractivity contribution in [2.45, 2.75) is 0 Å². The minimum atomic E-state index is 0.704. The van der Waals surface area contributed by atoms with E-state index in [2.05, 4.69) is 37.9 Å². The Morgan fingerprint density at radius 1 is 1.07 bits per heavy atom. The Hall–Kier alpha value is -0.850. The van der Waals surface area contributed by atoms with Crippen LogP contribution < -0.4 is 0 Å². The molecule has 0 bridgehead atoms. The van der Waals surface area contributed by atoms with Crippen molar-refractivity contribution >= 4 is 42.6 Å². The number of hydrogen-bond acceptors (Lipinski definition) is 1. The van der Waals surface area contributed by atoms with Crippen LogP contribution in [0.2, 0.25) is 0 Å². The molecule has 2 aromatic carbocycles. The molecule has 1 nitrogen and oxygen atoms in total. The first kappa shape index (κ1) is 9.70. The molecule has 3 heteroatoms. The lowest BCUT2D eigenvalue weighted by Gasteiger charge is -2.02. The maximum absolute atomic E-state index is 8.92. The second-order valence-corrected chi connectivity index (χ2v) is 4.61. The van der Waals surface area contributed by atoms with Gasteiger partial charge in [-0.3, -0.25) is 0 Å². The van der Waals surface area contributed by atoms with Crippen LogP contribution in [0.5, 0.6) is 0 Å². The van der Waals surface area contributed by atoms with Gasteiger partial charge in [-0.2, -0.15) is 5.26 Å². The van der Waals surface area contributed by atoms with E-state index in [1.54, 1.807) is 0 Å². The minimum absolute atomic E-state index is 0.704. The van der Waals surface area contributed by atoms with Crippen LogP contribution in [0.1, 0.15) is 5.56 Å². The third kappa shape index (κ3) is 1.56. The van der Waals surface area contributed by atoms with Crippen LogP contribution in [0, 0.1) is 11.3 Å². The zero-order chi connectivity index (χ0) is 10.1. The normalized spacial score (nSPS) is 10.1. The highest BCUT2D eigenvalue weighted by Gasteiger charge is 2.03. The summed E-state index contributed by atoms with van der Waals surface area (Å²) >= 11 is 6.86. The van der Waals surface area contributed by atoms with E-state index in [1.807, 2.05) is 30.3 Å². The van der Waals surface area contributed by atoms with Crippen LogP contribution in [0.15, 0.2) is 39.3 Å². The van der Waals surface area contributed by atoms with Crippen LogP contribution in [0.4, 0.5) is 0 Å². The Kier molecular flexibility index (Phi) is 2.58. The zero-order valence-corrected chi connectivity index (χ0v) is 10.3. The molecule has 0 atom stereocenters. The lowest BCUT2D eigenvalue weighted by atomic mass is 10.1. The van der Waals surface area contributed by atoms with E-state index in [4.69, 9.17) is 5.26 Å². The van der Waals surface area contributed by atoms with E-state index in [-0.39, 0.29) is 0 Å². The van der Waals surface area contributed by atoms with E-state index >= 15 is 0 Å². The fourth-order valence-electron chi connectivity index (χ4n) is 1.37. The average molecular weight is 311 g/mol. The van der Waals surface area contributed by atoms with Crippen molar-refractivity contribution in [3.05, 3.63) is 44.8 Å². The highest BCUT2D eigenvalue weighted by Crippen LogP contribution is 2.29. The summed E-state index contributed by atoms with van der Waals surface area (Å²) in [6.45, 7) is 0. The molecule has 0 heterocycles. The molecule has 0 fully saturated rings. The Balaban J connectivity index is 2.90. The molecule has 0 N–H and O–H groups in total. The van der Waals surface area contributed by atoms with Gasteiger partial charge in [0.1, 0.15) is 0 Å². The van der Waals surface area contributed by atoms with Gasteiger partial charge in [0, 0.05) is 14.3 Å². The Morgan fingerprint density at radius 3 is 2.50 bits per heavy atom. The summed E-state index contributed by atoms with van der Waals surface area (Å²) in [5, 5.41) is 11.0. The van der Waals surface area contributed by atoms with E-state index in [0.717, 1.165) is 19.7 Å². The molecule has 0 radical (unpaired) electrons. The molecular formula is C11H5Br2N. The Bertz CT molecular complexity index is 541. The lowest BCUT2D eigenvalue weighted by molar-refractivity contribution is 1.50. The van der Waals surface area contributed by atoms with Gasteiger partial charge in [0.15, 0.2) is 0 Å². The monoisotopic (exact) mass is 309 g/mol. The summed E-state index contributed by atoms with van der Waals surface area (Å²) in [5.74, 6) is 0. The van der Waals surface area contributed by atoms with Crippen molar-refractivity contribution < 1.29 is 0 Å². The highest BCUT2D eigenvalue weighted by atomic mass is 79.9. The molecule has 0 saturated heterocycles. The smallest absolute Gasteiger partial charge is 0.0998 e. The third-order valence-corrected chi connectivity index (χ3v) is 3.89. The van der Waals surface area contributed by atoms with E-state index in [9.17, 15) is 0 Å². The van der Waals surface area contributed by atoms with Gasteiger partial charge in [0.05, 0.1) is 11.6 Å².